The highest BCUT2D eigenvalue weighted by atomic mass is 32.2. The van der Waals surface area contributed by atoms with Gasteiger partial charge in [-0.25, -0.2) is 0 Å². The Morgan fingerprint density at radius 3 is 2.94 bits per heavy atom. The number of nitrogens with zero attached hydrogens (tertiary/aromatic N) is 4. The van der Waals surface area contributed by atoms with E-state index in [1.807, 2.05) is 30.7 Å². The summed E-state index contributed by atoms with van der Waals surface area (Å²) in [7, 11) is 1.95. The molecule has 7 heteroatoms. The Hall–Kier alpha value is -1.60. The smallest absolute Gasteiger partial charge is 0.191 e. The second-order valence-corrected chi connectivity index (χ2v) is 4.50. The number of hydrogen-bond acceptors (Lipinski definition) is 6. The molecule has 3 N–H and O–H groups in total. The van der Waals surface area contributed by atoms with Crippen LogP contribution in [-0.2, 0) is 12.8 Å². The molecule has 0 aliphatic heterocycles. The maximum absolute atomic E-state index is 5.34. The molecule has 2 heterocycles. The Balaban J connectivity index is 2.04. The number of nitrogens with two attached hydrogens (primary N) is 1. The number of aryl methyl sites for hydroxylation is 1. The summed E-state index contributed by atoms with van der Waals surface area (Å²) in [5.41, 5.74) is 4.40. The van der Waals surface area contributed by atoms with Crippen molar-refractivity contribution in [2.45, 2.75) is 17.8 Å². The van der Waals surface area contributed by atoms with Crippen molar-refractivity contribution in [3.8, 4) is 0 Å². The fraction of sp³-hybridized carbons (Fsp3) is 0.300. The second kappa shape index (κ2) is 5.15. The number of thioether (sulfide) groups is 1. The second-order valence-electron chi connectivity index (χ2n) is 3.56. The molecule has 0 atom stereocenters. The van der Waals surface area contributed by atoms with Gasteiger partial charge in [-0.15, -0.1) is 10.2 Å². The number of nitrogens with one attached hydrogen (secondary N) is 1. The largest absolute Gasteiger partial charge is 0.324 e. The number of rotatable bonds is 4. The van der Waals surface area contributed by atoms with Crippen LogP contribution in [0.25, 0.3) is 0 Å². The Morgan fingerprint density at radius 1 is 1.47 bits per heavy atom. The minimum Gasteiger partial charge on any atom is -0.324 e. The van der Waals surface area contributed by atoms with Crippen molar-refractivity contribution in [1.82, 2.24) is 19.7 Å². The van der Waals surface area contributed by atoms with Crippen LogP contribution in [0.15, 0.2) is 23.5 Å². The molecule has 2 aromatic rings. The van der Waals surface area contributed by atoms with E-state index in [1.54, 1.807) is 18.0 Å². The first kappa shape index (κ1) is 11.9. The zero-order valence-corrected chi connectivity index (χ0v) is 10.5. The Kier molecular flexibility index (Phi) is 3.60. The Bertz CT molecular complexity index is 509. The molecule has 2 rings (SSSR count). The average molecular weight is 250 g/mol. The first-order valence-corrected chi connectivity index (χ1v) is 6.09. The van der Waals surface area contributed by atoms with Gasteiger partial charge in [0.15, 0.2) is 5.16 Å². The van der Waals surface area contributed by atoms with Crippen LogP contribution in [0.1, 0.15) is 11.5 Å². The van der Waals surface area contributed by atoms with Crippen molar-refractivity contribution < 1.29 is 0 Å². The Labute approximate surface area is 104 Å². The molecule has 0 unspecified atom stereocenters. The van der Waals surface area contributed by atoms with Gasteiger partial charge in [0.25, 0.3) is 0 Å². The lowest BCUT2D eigenvalue weighted by molar-refractivity contribution is 0.765. The SMILES string of the molecule is Cc1nnc(SCc2cc(NN)ccn2)n1C. The summed E-state index contributed by atoms with van der Waals surface area (Å²) in [5.74, 6) is 6.98. The van der Waals surface area contributed by atoms with E-state index in [4.69, 9.17) is 5.84 Å². The van der Waals surface area contributed by atoms with Gasteiger partial charge in [0.2, 0.25) is 0 Å². The van der Waals surface area contributed by atoms with E-state index >= 15 is 0 Å². The van der Waals surface area contributed by atoms with Gasteiger partial charge in [0.1, 0.15) is 5.82 Å². The maximum Gasteiger partial charge on any atom is 0.191 e. The molecule has 0 aromatic carbocycles. The first-order valence-electron chi connectivity index (χ1n) is 5.11. The summed E-state index contributed by atoms with van der Waals surface area (Å²) in [5, 5.41) is 8.97. The number of hydrogen-bond donors (Lipinski definition) is 2. The summed E-state index contributed by atoms with van der Waals surface area (Å²) < 4.78 is 1.95. The lowest BCUT2D eigenvalue weighted by Crippen LogP contribution is -2.07. The highest BCUT2D eigenvalue weighted by Gasteiger charge is 2.06. The van der Waals surface area contributed by atoms with E-state index in [0.29, 0.717) is 0 Å². The van der Waals surface area contributed by atoms with Crippen LogP contribution in [0.2, 0.25) is 0 Å². The summed E-state index contributed by atoms with van der Waals surface area (Å²) in [6.07, 6.45) is 1.73. The molecule has 0 saturated heterocycles. The van der Waals surface area contributed by atoms with Crippen LogP contribution < -0.4 is 11.3 Å². The van der Waals surface area contributed by atoms with Gasteiger partial charge in [-0.1, -0.05) is 11.8 Å². The van der Waals surface area contributed by atoms with E-state index in [2.05, 4.69) is 20.6 Å². The molecule has 0 fully saturated rings. The Morgan fingerprint density at radius 2 is 2.29 bits per heavy atom. The quantitative estimate of drug-likeness (QED) is 0.480. The molecule has 0 saturated carbocycles. The summed E-state index contributed by atoms with van der Waals surface area (Å²) in [4.78, 5) is 4.27. The first-order chi connectivity index (χ1) is 8.20. The molecular formula is C10H14N6S. The molecule has 0 aliphatic rings. The predicted molar refractivity (Wildman–Crippen MR) is 67.3 cm³/mol. The van der Waals surface area contributed by atoms with Crippen molar-refractivity contribution >= 4 is 17.4 Å². The molecule has 90 valence electrons. The van der Waals surface area contributed by atoms with Crippen molar-refractivity contribution in [2.24, 2.45) is 12.9 Å². The summed E-state index contributed by atoms with van der Waals surface area (Å²) in [6.45, 7) is 1.92. The van der Waals surface area contributed by atoms with E-state index in [9.17, 15) is 0 Å². The fourth-order valence-electron chi connectivity index (χ4n) is 1.30. The zero-order chi connectivity index (χ0) is 12.3. The normalized spacial score (nSPS) is 10.5. The zero-order valence-electron chi connectivity index (χ0n) is 9.71. The van der Waals surface area contributed by atoms with E-state index in [-0.39, 0.29) is 0 Å². The van der Waals surface area contributed by atoms with Gasteiger partial charge in [-0.3, -0.25) is 10.8 Å². The third-order valence-electron chi connectivity index (χ3n) is 2.38. The van der Waals surface area contributed by atoms with Crippen molar-refractivity contribution in [3.63, 3.8) is 0 Å². The van der Waals surface area contributed by atoms with E-state index < -0.39 is 0 Å². The van der Waals surface area contributed by atoms with Crippen LogP contribution >= 0.6 is 11.8 Å². The molecule has 0 radical (unpaired) electrons. The van der Waals surface area contributed by atoms with Crippen molar-refractivity contribution in [1.29, 1.82) is 0 Å². The molecule has 0 spiro atoms. The van der Waals surface area contributed by atoms with Crippen LogP contribution in [0.5, 0.6) is 0 Å². The minimum atomic E-state index is 0.738. The van der Waals surface area contributed by atoms with Crippen LogP contribution in [-0.4, -0.2) is 19.7 Å². The van der Waals surface area contributed by atoms with Gasteiger partial charge in [-0.05, 0) is 19.1 Å². The number of hydrazine groups is 1. The van der Waals surface area contributed by atoms with E-state index in [0.717, 1.165) is 28.1 Å². The lowest BCUT2D eigenvalue weighted by Gasteiger charge is -2.03. The minimum absolute atomic E-state index is 0.738. The van der Waals surface area contributed by atoms with E-state index in [1.165, 1.54) is 0 Å². The summed E-state index contributed by atoms with van der Waals surface area (Å²) in [6, 6.07) is 3.73. The summed E-state index contributed by atoms with van der Waals surface area (Å²) >= 11 is 1.60. The molecule has 2 aromatic heterocycles. The number of aromatic nitrogens is 4. The monoisotopic (exact) mass is 250 g/mol. The molecule has 6 nitrogen and oxygen atoms in total. The third-order valence-corrected chi connectivity index (χ3v) is 3.44. The number of pyridine rings is 1. The topological polar surface area (TPSA) is 81.7 Å². The standard InChI is InChI=1S/C10H14N6S/c1-7-14-15-10(16(7)2)17-6-9-5-8(13-11)3-4-12-9/h3-5H,6,11H2,1-2H3,(H,12,13). The highest BCUT2D eigenvalue weighted by molar-refractivity contribution is 7.98. The molecule has 0 aliphatic carbocycles. The molecule has 17 heavy (non-hydrogen) atoms. The third kappa shape index (κ3) is 2.75. The lowest BCUT2D eigenvalue weighted by atomic mass is 10.3. The maximum atomic E-state index is 5.34. The average Bonchev–Trinajstić information content (AvgIpc) is 2.68. The van der Waals surface area contributed by atoms with Gasteiger partial charge in [0, 0.05) is 19.0 Å². The van der Waals surface area contributed by atoms with Gasteiger partial charge >= 0.3 is 0 Å². The van der Waals surface area contributed by atoms with Crippen LogP contribution in [0.3, 0.4) is 0 Å². The molecule has 0 bridgehead atoms. The van der Waals surface area contributed by atoms with Crippen LogP contribution in [0.4, 0.5) is 5.69 Å². The molecule has 0 amide bonds. The van der Waals surface area contributed by atoms with Gasteiger partial charge < -0.3 is 9.99 Å². The predicted octanol–water partition coefficient (Wildman–Crippen LogP) is 1.10. The highest BCUT2D eigenvalue weighted by Crippen LogP contribution is 2.20. The van der Waals surface area contributed by atoms with Crippen molar-refractivity contribution in [3.05, 3.63) is 29.8 Å². The fourth-order valence-corrected chi connectivity index (χ4v) is 2.16. The number of anilines is 1. The number of nitrogen functional groups attached to an aromatic ring is 1. The van der Waals surface area contributed by atoms with Gasteiger partial charge in [0.05, 0.1) is 11.4 Å². The van der Waals surface area contributed by atoms with Gasteiger partial charge in [-0.2, -0.15) is 0 Å². The molecular weight excluding hydrogens is 236 g/mol. The van der Waals surface area contributed by atoms with Crippen molar-refractivity contribution in [2.75, 3.05) is 5.43 Å². The van der Waals surface area contributed by atoms with Crippen LogP contribution in [0, 0.1) is 6.92 Å².